The van der Waals surface area contributed by atoms with E-state index in [0.29, 0.717) is 22.9 Å². The number of nitrogens with zero attached hydrogens (tertiary/aromatic N) is 1. The Hall–Kier alpha value is -4.05. The van der Waals surface area contributed by atoms with Crippen LogP contribution in [-0.4, -0.2) is 40.7 Å². The van der Waals surface area contributed by atoms with Crippen molar-refractivity contribution in [3.05, 3.63) is 78.4 Å². The summed E-state index contributed by atoms with van der Waals surface area (Å²) in [6.45, 7) is -0.498. The molecule has 0 bridgehead atoms. The van der Waals surface area contributed by atoms with Crippen molar-refractivity contribution >= 4 is 33.3 Å². The molecule has 3 aromatic rings. The molecule has 0 atom stereocenters. The van der Waals surface area contributed by atoms with Crippen LogP contribution in [0.15, 0.2) is 77.7 Å². The Balaban J connectivity index is 1.45. The van der Waals surface area contributed by atoms with Crippen molar-refractivity contribution < 1.29 is 32.2 Å². The van der Waals surface area contributed by atoms with Crippen LogP contribution in [0, 0.1) is 0 Å². The quantitative estimate of drug-likeness (QED) is 0.531. The molecule has 1 amide bonds. The van der Waals surface area contributed by atoms with E-state index in [0.717, 1.165) is 4.31 Å². The molecular formula is C23H20N2O7S. The third-order valence-corrected chi connectivity index (χ3v) is 6.70. The van der Waals surface area contributed by atoms with Crippen molar-refractivity contribution in [2.45, 2.75) is 4.90 Å². The van der Waals surface area contributed by atoms with Gasteiger partial charge >= 0.3 is 5.97 Å². The Morgan fingerprint density at radius 3 is 2.45 bits per heavy atom. The van der Waals surface area contributed by atoms with Gasteiger partial charge in [-0.25, -0.2) is 13.2 Å². The number of carbonyl (C=O) groups excluding carboxylic acids is 2. The third-order valence-electron chi connectivity index (χ3n) is 4.86. The molecule has 1 aliphatic heterocycles. The number of hydrogen-bond acceptors (Lipinski definition) is 7. The third kappa shape index (κ3) is 4.75. The van der Waals surface area contributed by atoms with E-state index < -0.39 is 28.5 Å². The van der Waals surface area contributed by atoms with Gasteiger partial charge in [-0.05, 0) is 36.4 Å². The maximum absolute atomic E-state index is 13.1. The van der Waals surface area contributed by atoms with E-state index in [2.05, 4.69) is 5.32 Å². The normalized spacial score (nSPS) is 12.2. The minimum absolute atomic E-state index is 0.103. The summed E-state index contributed by atoms with van der Waals surface area (Å²) in [7, 11) is -2.66. The second-order valence-corrected chi connectivity index (χ2v) is 8.93. The van der Waals surface area contributed by atoms with Crippen molar-refractivity contribution in [2.75, 3.05) is 30.1 Å². The molecule has 9 nitrogen and oxygen atoms in total. The molecule has 0 unspecified atom stereocenters. The number of amides is 1. The van der Waals surface area contributed by atoms with E-state index >= 15 is 0 Å². The molecule has 0 aliphatic carbocycles. The number of nitrogens with one attached hydrogen (secondary N) is 1. The summed E-state index contributed by atoms with van der Waals surface area (Å²) in [5.74, 6) is -0.468. The van der Waals surface area contributed by atoms with Crippen LogP contribution >= 0.6 is 0 Å². The summed E-state index contributed by atoms with van der Waals surface area (Å²) in [5.41, 5.74) is 0.702. The monoisotopic (exact) mass is 468 g/mol. The minimum Gasteiger partial charge on any atom is -0.454 e. The predicted molar refractivity (Wildman–Crippen MR) is 120 cm³/mol. The van der Waals surface area contributed by atoms with E-state index in [1.165, 1.54) is 31.3 Å². The summed E-state index contributed by atoms with van der Waals surface area (Å²) >= 11 is 0. The van der Waals surface area contributed by atoms with Crippen LogP contribution in [-0.2, 0) is 19.6 Å². The molecule has 170 valence electrons. The Labute approximate surface area is 190 Å². The number of anilines is 2. The molecule has 10 heteroatoms. The van der Waals surface area contributed by atoms with Crippen molar-refractivity contribution in [3.8, 4) is 11.5 Å². The molecule has 0 saturated carbocycles. The van der Waals surface area contributed by atoms with Gasteiger partial charge in [0.1, 0.15) is 4.90 Å². The molecule has 3 aromatic carbocycles. The van der Waals surface area contributed by atoms with Gasteiger partial charge in [0.05, 0.1) is 11.3 Å². The van der Waals surface area contributed by atoms with E-state index in [-0.39, 0.29) is 17.3 Å². The molecule has 4 rings (SSSR count). The number of sulfonamides is 1. The van der Waals surface area contributed by atoms with Gasteiger partial charge in [-0.15, -0.1) is 0 Å². The Bertz CT molecular complexity index is 1290. The number of esters is 1. The Morgan fingerprint density at radius 1 is 0.970 bits per heavy atom. The van der Waals surface area contributed by atoms with Gasteiger partial charge in [0.15, 0.2) is 18.1 Å². The lowest BCUT2D eigenvalue weighted by molar-refractivity contribution is -0.119. The van der Waals surface area contributed by atoms with Gasteiger partial charge in [0.25, 0.3) is 15.9 Å². The summed E-state index contributed by atoms with van der Waals surface area (Å²) in [5, 5.41) is 2.58. The first-order chi connectivity index (χ1) is 15.9. The highest BCUT2D eigenvalue weighted by atomic mass is 32.2. The average molecular weight is 468 g/mol. The lowest BCUT2D eigenvalue weighted by atomic mass is 10.2. The van der Waals surface area contributed by atoms with Crippen LogP contribution in [0.5, 0.6) is 11.5 Å². The largest absolute Gasteiger partial charge is 0.454 e. The fourth-order valence-corrected chi connectivity index (χ4v) is 4.54. The predicted octanol–water partition coefficient (Wildman–Crippen LogP) is 3.04. The van der Waals surface area contributed by atoms with Gasteiger partial charge in [-0.1, -0.05) is 30.3 Å². The van der Waals surface area contributed by atoms with Crippen LogP contribution in [0.3, 0.4) is 0 Å². The second kappa shape index (κ2) is 9.21. The highest BCUT2D eigenvalue weighted by Crippen LogP contribution is 2.34. The topological polar surface area (TPSA) is 111 Å². The smallest absolute Gasteiger partial charge is 0.340 e. The zero-order valence-corrected chi connectivity index (χ0v) is 18.4. The maximum Gasteiger partial charge on any atom is 0.340 e. The second-order valence-electron chi connectivity index (χ2n) is 7.00. The van der Waals surface area contributed by atoms with Crippen LogP contribution in [0.2, 0.25) is 0 Å². The van der Waals surface area contributed by atoms with Gasteiger partial charge < -0.3 is 19.5 Å². The Kier molecular flexibility index (Phi) is 6.18. The highest BCUT2D eigenvalue weighted by molar-refractivity contribution is 7.92. The lowest BCUT2D eigenvalue weighted by Gasteiger charge is -2.20. The summed E-state index contributed by atoms with van der Waals surface area (Å²) < 4.78 is 42.9. The number of rotatable bonds is 7. The van der Waals surface area contributed by atoms with E-state index in [1.54, 1.807) is 48.5 Å². The van der Waals surface area contributed by atoms with E-state index in [9.17, 15) is 18.0 Å². The van der Waals surface area contributed by atoms with Crippen LogP contribution in [0.4, 0.5) is 11.4 Å². The first-order valence-electron chi connectivity index (χ1n) is 9.86. The molecule has 0 saturated heterocycles. The Morgan fingerprint density at radius 2 is 1.67 bits per heavy atom. The van der Waals surface area contributed by atoms with Crippen molar-refractivity contribution in [1.82, 2.24) is 0 Å². The lowest BCUT2D eigenvalue weighted by Crippen LogP contribution is -2.28. The number of hydrogen-bond donors (Lipinski definition) is 1. The average Bonchev–Trinajstić information content (AvgIpc) is 3.30. The number of ether oxygens (including phenoxy) is 3. The summed E-state index contributed by atoms with van der Waals surface area (Å²) in [6.07, 6.45) is 0. The number of carbonyl (C=O) groups is 2. The van der Waals surface area contributed by atoms with Gasteiger partial charge in [-0.2, -0.15) is 0 Å². The van der Waals surface area contributed by atoms with Crippen molar-refractivity contribution in [2.24, 2.45) is 0 Å². The molecule has 33 heavy (non-hydrogen) atoms. The standard InChI is InChI=1S/C23H20N2O7S/c1-25(17-7-3-2-4-8-17)33(28,29)21-10-6-5-9-18(21)23(27)30-14-22(26)24-16-11-12-19-20(13-16)32-15-31-19/h2-13H,14-15H2,1H3,(H,24,26). The van der Waals surface area contributed by atoms with Crippen molar-refractivity contribution in [1.29, 1.82) is 0 Å². The summed E-state index contributed by atoms with van der Waals surface area (Å²) in [4.78, 5) is 24.7. The first kappa shape index (κ1) is 22.2. The molecule has 0 spiro atoms. The molecule has 1 aliphatic rings. The van der Waals surface area contributed by atoms with Crippen LogP contribution in [0.25, 0.3) is 0 Å². The maximum atomic E-state index is 13.1. The van der Waals surface area contributed by atoms with Crippen LogP contribution in [0.1, 0.15) is 10.4 Å². The SMILES string of the molecule is CN(c1ccccc1)S(=O)(=O)c1ccccc1C(=O)OCC(=O)Nc1ccc2c(c1)OCO2. The first-order valence-corrected chi connectivity index (χ1v) is 11.3. The molecule has 0 aromatic heterocycles. The van der Waals surface area contributed by atoms with Crippen LogP contribution < -0.4 is 19.1 Å². The van der Waals surface area contributed by atoms with Gasteiger partial charge in [-0.3, -0.25) is 9.10 Å². The van der Waals surface area contributed by atoms with E-state index in [1.807, 2.05) is 0 Å². The number of fused-ring (bicyclic) bond motifs is 1. The van der Waals surface area contributed by atoms with Gasteiger partial charge in [0.2, 0.25) is 6.79 Å². The molecule has 1 heterocycles. The summed E-state index contributed by atoms with van der Waals surface area (Å²) in [6, 6.07) is 19.0. The minimum atomic E-state index is -4.05. The zero-order valence-electron chi connectivity index (χ0n) is 17.6. The number of para-hydroxylation sites is 1. The van der Waals surface area contributed by atoms with Crippen molar-refractivity contribution in [3.63, 3.8) is 0 Å². The molecule has 1 N–H and O–H groups in total. The van der Waals surface area contributed by atoms with E-state index in [4.69, 9.17) is 14.2 Å². The zero-order chi connectivity index (χ0) is 23.4. The molecule has 0 fully saturated rings. The van der Waals surface area contributed by atoms with Gasteiger partial charge in [0, 0.05) is 18.8 Å². The fourth-order valence-electron chi connectivity index (χ4n) is 3.16. The number of benzene rings is 3. The molecule has 0 radical (unpaired) electrons. The highest BCUT2D eigenvalue weighted by Gasteiger charge is 2.27. The molecular weight excluding hydrogens is 448 g/mol. The fraction of sp³-hybridized carbons (Fsp3) is 0.130.